The third-order valence-corrected chi connectivity index (χ3v) is 3.70. The third-order valence-electron chi connectivity index (χ3n) is 3.70. The molecule has 2 atom stereocenters. The van der Waals surface area contributed by atoms with Crippen LogP contribution in [0, 0.1) is 18.8 Å². The number of likely N-dealkylation sites (tertiary alicyclic amines) is 1. The Labute approximate surface area is 85.0 Å². The first-order valence-electron chi connectivity index (χ1n) is 5.37. The van der Waals surface area contributed by atoms with E-state index in [2.05, 4.69) is 35.3 Å². The summed E-state index contributed by atoms with van der Waals surface area (Å²) in [6.45, 7) is 4.61. The fourth-order valence-electron chi connectivity index (χ4n) is 2.91. The molecule has 2 aliphatic rings. The molecule has 2 fully saturated rings. The van der Waals surface area contributed by atoms with Crippen molar-refractivity contribution in [3.63, 3.8) is 0 Å². The number of aromatic nitrogens is 1. The van der Waals surface area contributed by atoms with Gasteiger partial charge in [0.2, 0.25) is 0 Å². The Morgan fingerprint density at radius 1 is 1.29 bits per heavy atom. The van der Waals surface area contributed by atoms with Crippen molar-refractivity contribution in [2.75, 3.05) is 20.1 Å². The van der Waals surface area contributed by atoms with Crippen LogP contribution >= 0.6 is 0 Å². The van der Waals surface area contributed by atoms with Gasteiger partial charge in [-0.1, -0.05) is 6.07 Å². The van der Waals surface area contributed by atoms with Gasteiger partial charge in [0, 0.05) is 25.0 Å². The van der Waals surface area contributed by atoms with Gasteiger partial charge in [-0.05, 0) is 43.4 Å². The second-order valence-electron chi connectivity index (χ2n) is 4.81. The van der Waals surface area contributed by atoms with Crippen LogP contribution in [0.2, 0.25) is 0 Å². The van der Waals surface area contributed by atoms with E-state index in [-0.39, 0.29) is 0 Å². The van der Waals surface area contributed by atoms with Crippen LogP contribution < -0.4 is 0 Å². The normalized spacial score (nSPS) is 35.7. The van der Waals surface area contributed by atoms with E-state index in [0.717, 1.165) is 23.4 Å². The van der Waals surface area contributed by atoms with Crippen LogP contribution in [0.3, 0.4) is 0 Å². The lowest BCUT2D eigenvalue weighted by Gasteiger charge is -2.12. The third kappa shape index (κ3) is 1.17. The Kier molecular flexibility index (Phi) is 1.68. The van der Waals surface area contributed by atoms with E-state index in [4.69, 9.17) is 0 Å². The SMILES string of the molecule is Cc1ccc(C2C3CN(C)CC32)cn1. The molecule has 0 bridgehead atoms. The average molecular weight is 188 g/mol. The van der Waals surface area contributed by atoms with Crippen molar-refractivity contribution in [3.8, 4) is 0 Å². The summed E-state index contributed by atoms with van der Waals surface area (Å²) in [6.07, 6.45) is 2.07. The van der Waals surface area contributed by atoms with E-state index in [0.29, 0.717) is 0 Å². The van der Waals surface area contributed by atoms with Crippen molar-refractivity contribution in [2.45, 2.75) is 12.8 Å². The lowest BCUT2D eigenvalue weighted by atomic mass is 10.1. The van der Waals surface area contributed by atoms with Gasteiger partial charge in [0.15, 0.2) is 0 Å². The summed E-state index contributed by atoms with van der Waals surface area (Å²) in [5.74, 6) is 2.66. The molecule has 1 aromatic rings. The zero-order valence-corrected chi connectivity index (χ0v) is 8.77. The molecule has 0 N–H and O–H groups in total. The van der Waals surface area contributed by atoms with Gasteiger partial charge in [-0.15, -0.1) is 0 Å². The second kappa shape index (κ2) is 2.80. The lowest BCUT2D eigenvalue weighted by Crippen LogP contribution is -2.18. The molecule has 74 valence electrons. The smallest absolute Gasteiger partial charge is 0.0372 e. The Morgan fingerprint density at radius 3 is 2.57 bits per heavy atom. The van der Waals surface area contributed by atoms with Gasteiger partial charge in [0.25, 0.3) is 0 Å². The summed E-state index contributed by atoms with van der Waals surface area (Å²) in [6, 6.07) is 4.39. The number of pyridine rings is 1. The largest absolute Gasteiger partial charge is 0.306 e. The van der Waals surface area contributed by atoms with Crippen LogP contribution in [0.4, 0.5) is 0 Å². The van der Waals surface area contributed by atoms with Crippen molar-refractivity contribution in [3.05, 3.63) is 29.6 Å². The number of aryl methyl sites for hydroxylation is 1. The molecule has 3 rings (SSSR count). The molecule has 2 nitrogen and oxygen atoms in total. The summed E-state index contributed by atoms with van der Waals surface area (Å²) >= 11 is 0. The molecule has 0 spiro atoms. The van der Waals surface area contributed by atoms with E-state index in [9.17, 15) is 0 Å². The second-order valence-corrected chi connectivity index (χ2v) is 4.81. The van der Waals surface area contributed by atoms with Crippen molar-refractivity contribution in [1.82, 2.24) is 9.88 Å². The zero-order chi connectivity index (χ0) is 9.71. The van der Waals surface area contributed by atoms with Crippen molar-refractivity contribution in [1.29, 1.82) is 0 Å². The highest BCUT2D eigenvalue weighted by Crippen LogP contribution is 2.57. The number of rotatable bonds is 1. The minimum absolute atomic E-state index is 0.819. The Balaban J connectivity index is 1.78. The molecular weight excluding hydrogens is 172 g/mol. The minimum Gasteiger partial charge on any atom is -0.306 e. The maximum atomic E-state index is 4.37. The van der Waals surface area contributed by atoms with E-state index in [1.165, 1.54) is 18.7 Å². The Hall–Kier alpha value is -0.890. The van der Waals surface area contributed by atoms with Crippen molar-refractivity contribution in [2.24, 2.45) is 11.8 Å². The van der Waals surface area contributed by atoms with Gasteiger partial charge in [0.1, 0.15) is 0 Å². The first kappa shape index (κ1) is 8.42. The summed E-state index contributed by atoms with van der Waals surface area (Å²) in [7, 11) is 2.22. The van der Waals surface area contributed by atoms with Crippen LogP contribution in [0.15, 0.2) is 18.3 Å². The molecule has 2 heterocycles. The monoisotopic (exact) mass is 188 g/mol. The van der Waals surface area contributed by atoms with Crippen LogP contribution in [0.1, 0.15) is 17.2 Å². The molecule has 1 aliphatic carbocycles. The highest BCUT2D eigenvalue weighted by Gasteiger charge is 2.55. The van der Waals surface area contributed by atoms with Gasteiger partial charge in [-0.2, -0.15) is 0 Å². The van der Waals surface area contributed by atoms with Crippen molar-refractivity contribution >= 4 is 0 Å². The standard InChI is InChI=1S/C12H16N2/c1-8-3-4-9(5-13-8)12-10-6-14(2)7-11(10)12/h3-5,10-12H,6-7H2,1-2H3. The summed E-state index contributed by atoms with van der Waals surface area (Å²) in [4.78, 5) is 6.81. The summed E-state index contributed by atoms with van der Waals surface area (Å²) < 4.78 is 0. The predicted octanol–water partition coefficient (Wildman–Crippen LogP) is 1.67. The fourth-order valence-corrected chi connectivity index (χ4v) is 2.91. The number of piperidine rings is 1. The Morgan fingerprint density at radius 2 is 2.00 bits per heavy atom. The molecule has 1 saturated heterocycles. The summed E-state index contributed by atoms with van der Waals surface area (Å²) in [5, 5.41) is 0. The molecule has 0 amide bonds. The first-order valence-corrected chi connectivity index (χ1v) is 5.37. The number of fused-ring (bicyclic) bond motifs is 1. The first-order chi connectivity index (χ1) is 6.75. The highest BCUT2D eigenvalue weighted by atomic mass is 15.2. The van der Waals surface area contributed by atoms with E-state index < -0.39 is 0 Å². The quantitative estimate of drug-likeness (QED) is 0.666. The number of hydrogen-bond acceptors (Lipinski definition) is 2. The van der Waals surface area contributed by atoms with E-state index in [1.807, 2.05) is 6.92 Å². The molecule has 14 heavy (non-hydrogen) atoms. The van der Waals surface area contributed by atoms with Crippen LogP contribution in [-0.4, -0.2) is 30.0 Å². The minimum atomic E-state index is 0.819. The molecular formula is C12H16N2. The maximum Gasteiger partial charge on any atom is 0.0372 e. The number of nitrogens with zero attached hydrogens (tertiary/aromatic N) is 2. The molecule has 1 aromatic heterocycles. The van der Waals surface area contributed by atoms with Crippen LogP contribution in [0.25, 0.3) is 0 Å². The van der Waals surface area contributed by atoms with Gasteiger partial charge in [0.05, 0.1) is 0 Å². The lowest BCUT2D eigenvalue weighted by molar-refractivity contribution is 0.362. The Bertz CT molecular complexity index is 332. The van der Waals surface area contributed by atoms with Gasteiger partial charge < -0.3 is 4.90 Å². The zero-order valence-electron chi connectivity index (χ0n) is 8.77. The molecule has 2 unspecified atom stereocenters. The number of hydrogen-bond donors (Lipinski definition) is 0. The van der Waals surface area contributed by atoms with Gasteiger partial charge in [-0.25, -0.2) is 0 Å². The highest BCUT2D eigenvalue weighted by molar-refractivity contribution is 5.29. The topological polar surface area (TPSA) is 16.1 Å². The molecule has 0 radical (unpaired) electrons. The molecule has 1 saturated carbocycles. The maximum absolute atomic E-state index is 4.37. The van der Waals surface area contributed by atoms with Crippen LogP contribution in [0.5, 0.6) is 0 Å². The van der Waals surface area contributed by atoms with Gasteiger partial charge in [-0.3, -0.25) is 4.98 Å². The van der Waals surface area contributed by atoms with Crippen molar-refractivity contribution < 1.29 is 0 Å². The predicted molar refractivity (Wildman–Crippen MR) is 56.2 cm³/mol. The van der Waals surface area contributed by atoms with Crippen LogP contribution in [-0.2, 0) is 0 Å². The molecule has 0 aromatic carbocycles. The van der Waals surface area contributed by atoms with E-state index in [1.54, 1.807) is 0 Å². The van der Waals surface area contributed by atoms with E-state index >= 15 is 0 Å². The van der Waals surface area contributed by atoms with Gasteiger partial charge >= 0.3 is 0 Å². The average Bonchev–Trinajstić information content (AvgIpc) is 2.68. The molecule has 2 heteroatoms. The fraction of sp³-hybridized carbons (Fsp3) is 0.583. The summed E-state index contributed by atoms with van der Waals surface area (Å²) in [5.41, 5.74) is 2.58. The molecule has 1 aliphatic heterocycles.